The Hall–Kier alpha value is -0.0400. The molecule has 0 aromatic carbocycles. The molecule has 5 fully saturated rings. The molecular formula is C19H33N. The number of nitrogens with two attached hydrogens (primary N) is 1. The molecule has 5 saturated carbocycles. The van der Waals surface area contributed by atoms with Gasteiger partial charge in [-0.1, -0.05) is 13.8 Å². The van der Waals surface area contributed by atoms with Gasteiger partial charge in [0.2, 0.25) is 0 Å². The van der Waals surface area contributed by atoms with Crippen molar-refractivity contribution >= 4 is 0 Å². The Morgan fingerprint density at radius 1 is 0.800 bits per heavy atom. The Morgan fingerprint density at radius 2 is 1.25 bits per heavy atom. The molecule has 114 valence electrons. The van der Waals surface area contributed by atoms with Crippen molar-refractivity contribution in [3.05, 3.63) is 0 Å². The largest absolute Gasteiger partial charge is 0.330 e. The highest BCUT2D eigenvalue weighted by Crippen LogP contribution is 2.69. The maximum Gasteiger partial charge on any atom is -0.00152 e. The van der Waals surface area contributed by atoms with Crippen LogP contribution in [0.4, 0.5) is 0 Å². The average molecular weight is 275 g/mol. The number of hydrogen-bond donors (Lipinski definition) is 1. The molecule has 0 atom stereocenters. The minimum Gasteiger partial charge on any atom is -0.330 e. The van der Waals surface area contributed by atoms with Crippen LogP contribution >= 0.6 is 0 Å². The first kappa shape index (κ1) is 13.6. The Kier molecular flexibility index (Phi) is 2.89. The molecule has 0 spiro atoms. The van der Waals surface area contributed by atoms with Gasteiger partial charge in [0.05, 0.1) is 0 Å². The van der Waals surface area contributed by atoms with Gasteiger partial charge in [-0.2, -0.15) is 0 Å². The van der Waals surface area contributed by atoms with Crippen LogP contribution in [0.2, 0.25) is 0 Å². The van der Waals surface area contributed by atoms with Gasteiger partial charge in [0.25, 0.3) is 0 Å². The second-order valence-electron chi connectivity index (χ2n) is 9.85. The molecule has 4 bridgehead atoms. The highest BCUT2D eigenvalue weighted by molar-refractivity contribution is 5.11. The fourth-order valence-electron chi connectivity index (χ4n) is 7.12. The summed E-state index contributed by atoms with van der Waals surface area (Å²) in [5.74, 6) is 3.21. The lowest BCUT2D eigenvalue weighted by molar-refractivity contribution is -0.148. The molecule has 0 amide bonds. The van der Waals surface area contributed by atoms with Crippen molar-refractivity contribution in [2.24, 2.45) is 39.7 Å². The number of hydrogen-bond acceptors (Lipinski definition) is 1. The fraction of sp³-hybridized carbons (Fsp3) is 1.00. The minimum absolute atomic E-state index is 0.512. The first-order valence-corrected chi connectivity index (χ1v) is 9.16. The molecule has 20 heavy (non-hydrogen) atoms. The van der Waals surface area contributed by atoms with Crippen molar-refractivity contribution in [1.82, 2.24) is 0 Å². The van der Waals surface area contributed by atoms with Crippen molar-refractivity contribution in [3.8, 4) is 0 Å². The van der Waals surface area contributed by atoms with Gasteiger partial charge in [-0.3, -0.25) is 0 Å². The molecule has 1 heteroatoms. The van der Waals surface area contributed by atoms with E-state index in [1.165, 1.54) is 44.9 Å². The molecule has 0 aliphatic heterocycles. The van der Waals surface area contributed by atoms with Gasteiger partial charge >= 0.3 is 0 Å². The van der Waals surface area contributed by atoms with Gasteiger partial charge < -0.3 is 5.73 Å². The van der Waals surface area contributed by atoms with Crippen LogP contribution in [-0.2, 0) is 0 Å². The van der Waals surface area contributed by atoms with Crippen LogP contribution in [-0.4, -0.2) is 6.54 Å². The Balaban J connectivity index is 1.64. The first-order valence-electron chi connectivity index (χ1n) is 9.16. The topological polar surface area (TPSA) is 26.0 Å². The lowest BCUT2D eigenvalue weighted by Crippen LogP contribution is -2.58. The monoisotopic (exact) mass is 275 g/mol. The van der Waals surface area contributed by atoms with Crippen LogP contribution in [0.5, 0.6) is 0 Å². The molecule has 5 aliphatic rings. The van der Waals surface area contributed by atoms with Gasteiger partial charge in [-0.15, -0.1) is 0 Å². The maximum atomic E-state index is 6.45. The van der Waals surface area contributed by atoms with Crippen molar-refractivity contribution in [2.45, 2.75) is 78.1 Å². The molecule has 0 saturated heterocycles. The second-order valence-corrected chi connectivity index (χ2v) is 9.85. The van der Waals surface area contributed by atoms with E-state index in [2.05, 4.69) is 13.8 Å². The smallest absolute Gasteiger partial charge is 0.00152 e. The maximum absolute atomic E-state index is 6.45. The van der Waals surface area contributed by atoms with Crippen LogP contribution in [0.1, 0.15) is 78.1 Å². The van der Waals surface area contributed by atoms with Gasteiger partial charge in [0.1, 0.15) is 0 Å². The summed E-state index contributed by atoms with van der Waals surface area (Å²) >= 11 is 0. The van der Waals surface area contributed by atoms with Gasteiger partial charge in [0.15, 0.2) is 0 Å². The Labute approximate surface area is 125 Å². The van der Waals surface area contributed by atoms with E-state index < -0.39 is 0 Å². The highest BCUT2D eigenvalue weighted by atomic mass is 14.7. The molecule has 0 radical (unpaired) electrons. The van der Waals surface area contributed by atoms with E-state index in [-0.39, 0.29) is 0 Å². The Morgan fingerprint density at radius 3 is 1.65 bits per heavy atom. The van der Waals surface area contributed by atoms with Crippen molar-refractivity contribution in [1.29, 1.82) is 0 Å². The predicted molar refractivity (Wildman–Crippen MR) is 84.3 cm³/mol. The van der Waals surface area contributed by atoms with Crippen molar-refractivity contribution < 1.29 is 0 Å². The summed E-state index contributed by atoms with van der Waals surface area (Å²) in [6.45, 7) is 5.90. The zero-order chi connectivity index (χ0) is 14.0. The molecule has 5 aliphatic carbocycles. The van der Waals surface area contributed by atoms with E-state index in [1.54, 1.807) is 19.3 Å². The zero-order valence-electron chi connectivity index (χ0n) is 13.6. The van der Waals surface area contributed by atoms with E-state index in [9.17, 15) is 0 Å². The van der Waals surface area contributed by atoms with Crippen LogP contribution in [0.25, 0.3) is 0 Å². The lowest BCUT2D eigenvalue weighted by Gasteiger charge is -2.65. The lowest BCUT2D eigenvalue weighted by atomic mass is 9.40. The molecule has 0 heterocycles. The molecule has 0 aromatic rings. The van der Waals surface area contributed by atoms with Gasteiger partial charge in [-0.25, -0.2) is 0 Å². The van der Waals surface area contributed by atoms with Crippen LogP contribution in [0, 0.1) is 34.0 Å². The third kappa shape index (κ3) is 1.84. The average Bonchev–Trinajstić information content (AvgIpc) is 2.37. The SMILES string of the molecule is CC1(C)CCC(CN)(C23CC4CC(CC(C4)C2)C3)CC1. The molecular weight excluding hydrogens is 242 g/mol. The first-order chi connectivity index (χ1) is 9.46. The van der Waals surface area contributed by atoms with E-state index in [0.717, 1.165) is 24.3 Å². The van der Waals surface area contributed by atoms with Gasteiger partial charge in [0, 0.05) is 0 Å². The van der Waals surface area contributed by atoms with Crippen LogP contribution in [0.15, 0.2) is 0 Å². The summed E-state index contributed by atoms with van der Waals surface area (Å²) in [7, 11) is 0. The number of rotatable bonds is 2. The van der Waals surface area contributed by atoms with E-state index >= 15 is 0 Å². The van der Waals surface area contributed by atoms with Gasteiger partial charge in [-0.05, 0) is 105 Å². The molecule has 5 rings (SSSR count). The van der Waals surface area contributed by atoms with Crippen LogP contribution in [0.3, 0.4) is 0 Å². The van der Waals surface area contributed by atoms with E-state index in [0.29, 0.717) is 16.2 Å². The molecule has 2 N–H and O–H groups in total. The summed E-state index contributed by atoms with van der Waals surface area (Å²) in [5.41, 5.74) is 8.19. The zero-order valence-corrected chi connectivity index (χ0v) is 13.6. The predicted octanol–water partition coefficient (Wildman–Crippen LogP) is 4.75. The van der Waals surface area contributed by atoms with Crippen molar-refractivity contribution in [2.75, 3.05) is 6.54 Å². The standard InChI is InChI=1S/C19H33N/c1-17(2)3-5-18(13-20,6-4-17)19-10-14-7-15(11-19)9-16(8-14)12-19/h14-16H,3-13,20H2,1-2H3. The minimum atomic E-state index is 0.512. The molecule has 1 nitrogen and oxygen atoms in total. The summed E-state index contributed by atoms with van der Waals surface area (Å²) in [6, 6.07) is 0. The normalized spacial score (nSPS) is 48.5. The second kappa shape index (κ2) is 4.24. The third-order valence-electron chi connectivity index (χ3n) is 8.11. The van der Waals surface area contributed by atoms with E-state index in [1.807, 2.05) is 0 Å². The summed E-state index contributed by atoms with van der Waals surface area (Å²) in [4.78, 5) is 0. The van der Waals surface area contributed by atoms with E-state index in [4.69, 9.17) is 5.73 Å². The highest BCUT2D eigenvalue weighted by Gasteiger charge is 2.60. The Bertz CT molecular complexity index is 349. The molecule has 0 aromatic heterocycles. The quantitative estimate of drug-likeness (QED) is 0.773. The third-order valence-corrected chi connectivity index (χ3v) is 8.11. The fourth-order valence-corrected chi connectivity index (χ4v) is 7.12. The summed E-state index contributed by atoms with van der Waals surface area (Å²) < 4.78 is 0. The van der Waals surface area contributed by atoms with Crippen LogP contribution < -0.4 is 5.73 Å². The molecule has 0 unspecified atom stereocenters. The van der Waals surface area contributed by atoms with Crippen molar-refractivity contribution in [3.63, 3.8) is 0 Å². The summed E-state index contributed by atoms with van der Waals surface area (Å²) in [5, 5.41) is 0. The summed E-state index contributed by atoms with van der Waals surface area (Å²) in [6.07, 6.45) is 15.0.